The van der Waals surface area contributed by atoms with Crippen LogP contribution in [0.1, 0.15) is 24.5 Å². The number of carboxylic acids is 2. The van der Waals surface area contributed by atoms with Crippen LogP contribution in [0.25, 0.3) is 5.57 Å². The Kier molecular flexibility index (Phi) is 10.1. The lowest BCUT2D eigenvalue weighted by molar-refractivity contribution is -0.159. The van der Waals surface area contributed by atoms with Gasteiger partial charge in [-0.05, 0) is 41.8 Å². The molecule has 1 aliphatic heterocycles. The van der Waals surface area contributed by atoms with Gasteiger partial charge in [-0.3, -0.25) is 4.90 Å². The van der Waals surface area contributed by atoms with Crippen LogP contribution in [0.4, 0.5) is 0 Å². The van der Waals surface area contributed by atoms with Crippen LogP contribution in [0, 0.1) is 0 Å². The van der Waals surface area contributed by atoms with Crippen molar-refractivity contribution in [2.45, 2.75) is 19.8 Å². The lowest BCUT2D eigenvalue weighted by atomic mass is 9.93. The summed E-state index contributed by atoms with van der Waals surface area (Å²) in [4.78, 5) is 33.3. The van der Waals surface area contributed by atoms with Crippen LogP contribution in [0.5, 0.6) is 5.75 Å². The number of carbonyl (C=O) groups excluding carboxylic acids is 1. The number of aliphatic carboxylic acids is 2. The van der Waals surface area contributed by atoms with Crippen molar-refractivity contribution >= 4 is 23.5 Å². The number of nitrogens with zero attached hydrogens (tertiary/aromatic N) is 1. The highest BCUT2D eigenvalue weighted by Gasteiger charge is 2.25. The molecule has 33 heavy (non-hydrogen) atoms. The maximum Gasteiger partial charge on any atom is 0.414 e. The van der Waals surface area contributed by atoms with Crippen molar-refractivity contribution in [3.63, 3.8) is 0 Å². The van der Waals surface area contributed by atoms with E-state index in [1.165, 1.54) is 0 Å². The Bertz CT molecular complexity index is 956. The van der Waals surface area contributed by atoms with Crippen molar-refractivity contribution in [2.75, 3.05) is 33.4 Å². The quantitative estimate of drug-likeness (QED) is 0.484. The summed E-state index contributed by atoms with van der Waals surface area (Å²) in [5.41, 5.74) is 4.16. The molecule has 8 nitrogen and oxygen atoms in total. The van der Waals surface area contributed by atoms with Crippen LogP contribution >= 0.6 is 0 Å². The number of rotatable bonds is 7. The summed E-state index contributed by atoms with van der Waals surface area (Å²) in [6.45, 7) is 5.07. The van der Waals surface area contributed by atoms with Crippen molar-refractivity contribution < 1.29 is 34.1 Å². The smallest absolute Gasteiger partial charge is 0.414 e. The largest absolute Gasteiger partial charge is 0.497 e. The fourth-order valence-electron chi connectivity index (χ4n) is 3.38. The first-order valence-corrected chi connectivity index (χ1v) is 10.6. The number of ether oxygens (including phenoxy) is 2. The topological polar surface area (TPSA) is 113 Å². The fraction of sp³-hybridized carbons (Fsp3) is 0.320. The number of benzene rings is 2. The third kappa shape index (κ3) is 8.08. The minimum atomic E-state index is -1.82. The van der Waals surface area contributed by atoms with E-state index in [4.69, 9.17) is 29.3 Å². The van der Waals surface area contributed by atoms with Crippen molar-refractivity contribution in [1.82, 2.24) is 4.90 Å². The van der Waals surface area contributed by atoms with Gasteiger partial charge in [0.2, 0.25) is 0 Å². The van der Waals surface area contributed by atoms with Crippen LogP contribution in [-0.4, -0.2) is 66.4 Å². The molecule has 0 amide bonds. The summed E-state index contributed by atoms with van der Waals surface area (Å²) in [5, 5.41) is 14.8. The van der Waals surface area contributed by atoms with Crippen molar-refractivity contribution in [3.05, 3.63) is 71.3 Å². The van der Waals surface area contributed by atoms with Gasteiger partial charge in [0.25, 0.3) is 0 Å². The summed E-state index contributed by atoms with van der Waals surface area (Å²) in [7, 11) is 1.65. The van der Waals surface area contributed by atoms with E-state index in [0.717, 1.165) is 47.5 Å². The first kappa shape index (κ1) is 25.6. The van der Waals surface area contributed by atoms with Gasteiger partial charge in [-0.1, -0.05) is 49.4 Å². The molecule has 0 spiro atoms. The second-order valence-electron chi connectivity index (χ2n) is 7.29. The monoisotopic (exact) mass is 455 g/mol. The molecule has 0 atom stereocenters. The van der Waals surface area contributed by atoms with Gasteiger partial charge in [0.15, 0.2) is 0 Å². The Morgan fingerprint density at radius 3 is 2.15 bits per heavy atom. The van der Waals surface area contributed by atoms with Crippen LogP contribution in [0.15, 0.2) is 60.2 Å². The summed E-state index contributed by atoms with van der Waals surface area (Å²) in [5.74, 6) is -3.01. The number of carbonyl (C=O) groups is 3. The lowest BCUT2D eigenvalue weighted by Gasteiger charge is -2.29. The van der Waals surface area contributed by atoms with Crippen LogP contribution in [-0.2, 0) is 25.5 Å². The molecule has 0 aromatic heterocycles. The van der Waals surface area contributed by atoms with E-state index < -0.39 is 11.9 Å². The number of likely N-dealkylation sites (N-methyl/N-ethyl adjacent to an activating group) is 1. The second kappa shape index (κ2) is 13.0. The molecule has 2 N–H and O–H groups in total. The molecule has 0 saturated heterocycles. The molecule has 8 heteroatoms. The van der Waals surface area contributed by atoms with E-state index in [2.05, 4.69) is 24.0 Å². The van der Waals surface area contributed by atoms with E-state index >= 15 is 0 Å². The van der Waals surface area contributed by atoms with E-state index in [1.54, 1.807) is 7.11 Å². The van der Waals surface area contributed by atoms with Crippen LogP contribution in [0.2, 0.25) is 0 Å². The highest BCUT2D eigenvalue weighted by Crippen LogP contribution is 2.28. The number of hydrogen-bond acceptors (Lipinski definition) is 6. The fourth-order valence-corrected chi connectivity index (χ4v) is 3.38. The predicted molar refractivity (Wildman–Crippen MR) is 123 cm³/mol. The molecule has 2 aromatic rings. The Hall–Kier alpha value is -3.65. The molecule has 0 fully saturated rings. The number of carboxylic acid groups (broad SMARTS) is 2. The zero-order chi connectivity index (χ0) is 24.2. The van der Waals surface area contributed by atoms with Crippen molar-refractivity contribution in [3.8, 4) is 5.75 Å². The average molecular weight is 456 g/mol. The second-order valence-corrected chi connectivity index (χ2v) is 7.29. The first-order chi connectivity index (χ1) is 15.8. The zero-order valence-electron chi connectivity index (χ0n) is 18.8. The van der Waals surface area contributed by atoms with Crippen molar-refractivity contribution in [1.29, 1.82) is 0 Å². The maximum absolute atomic E-state index is 12.8. The molecule has 1 heterocycles. The van der Waals surface area contributed by atoms with Crippen LogP contribution in [0.3, 0.4) is 0 Å². The molecule has 0 bridgehead atoms. The summed E-state index contributed by atoms with van der Waals surface area (Å²) in [6, 6.07) is 18.0. The van der Waals surface area contributed by atoms with E-state index in [0.29, 0.717) is 19.6 Å². The molecule has 0 unspecified atom stereocenters. The summed E-state index contributed by atoms with van der Waals surface area (Å²) < 4.78 is 10.8. The molecule has 1 aliphatic rings. The van der Waals surface area contributed by atoms with Gasteiger partial charge in [-0.2, -0.15) is 0 Å². The maximum atomic E-state index is 12.8. The molecule has 0 radical (unpaired) electrons. The van der Waals surface area contributed by atoms with Crippen LogP contribution < -0.4 is 4.74 Å². The molecule has 0 aliphatic carbocycles. The molecule has 2 aromatic carbocycles. The van der Waals surface area contributed by atoms with Gasteiger partial charge in [-0.15, -0.1) is 0 Å². The highest BCUT2D eigenvalue weighted by atomic mass is 16.5. The zero-order valence-corrected chi connectivity index (χ0v) is 18.8. The van der Waals surface area contributed by atoms with Crippen molar-refractivity contribution in [2.24, 2.45) is 0 Å². The molecule has 176 valence electrons. The Morgan fingerprint density at radius 1 is 0.970 bits per heavy atom. The molecular weight excluding hydrogens is 426 g/mol. The van der Waals surface area contributed by atoms with Gasteiger partial charge in [-0.25, -0.2) is 14.4 Å². The normalized spacial score (nSPS) is 13.5. The van der Waals surface area contributed by atoms with E-state index in [-0.39, 0.29) is 5.97 Å². The van der Waals surface area contributed by atoms with Gasteiger partial charge < -0.3 is 19.7 Å². The third-order valence-corrected chi connectivity index (χ3v) is 5.21. The number of esters is 1. The average Bonchev–Trinajstić information content (AvgIpc) is 2.84. The number of methoxy groups -OCH3 is 1. The summed E-state index contributed by atoms with van der Waals surface area (Å²) in [6.07, 6.45) is 1.57. The van der Waals surface area contributed by atoms with E-state index in [1.807, 2.05) is 42.5 Å². The molecule has 3 rings (SSSR count). The Labute approximate surface area is 193 Å². The third-order valence-electron chi connectivity index (χ3n) is 5.21. The number of hydrogen-bond donors (Lipinski definition) is 2. The SMILES string of the molecule is CCN1CCC(c2ccccc2)=C(C(=O)OCCc2ccc(OC)cc2)C1.O=C(O)C(=O)O. The minimum absolute atomic E-state index is 0.194. The minimum Gasteiger partial charge on any atom is -0.497 e. The lowest BCUT2D eigenvalue weighted by Crippen LogP contribution is -2.34. The van der Waals surface area contributed by atoms with Gasteiger partial charge in [0, 0.05) is 19.5 Å². The predicted octanol–water partition coefficient (Wildman–Crippen LogP) is 3.12. The van der Waals surface area contributed by atoms with Gasteiger partial charge in [0.05, 0.1) is 19.3 Å². The van der Waals surface area contributed by atoms with Gasteiger partial charge in [0.1, 0.15) is 5.75 Å². The highest BCUT2D eigenvalue weighted by molar-refractivity contribution is 6.27. The Morgan fingerprint density at radius 2 is 1.61 bits per heavy atom. The Balaban J connectivity index is 0.000000569. The standard InChI is InChI=1S/C23H27NO3.C2H2O4/c1-3-24-15-13-21(19-7-5-4-6-8-19)22(17-24)23(25)27-16-14-18-9-11-20(26-2)12-10-18;3-1(4)2(5)6/h4-12H,3,13-17H2,1-2H3;(H,3,4)(H,5,6). The molecular formula is C25H29NO7. The first-order valence-electron chi connectivity index (χ1n) is 10.6. The van der Waals surface area contributed by atoms with Gasteiger partial charge >= 0.3 is 17.9 Å². The summed E-state index contributed by atoms with van der Waals surface area (Å²) >= 11 is 0. The van der Waals surface area contributed by atoms with E-state index in [9.17, 15) is 4.79 Å². The molecule has 0 saturated carbocycles.